The van der Waals surface area contributed by atoms with Gasteiger partial charge in [-0.05, 0) is 64.2 Å². The SMILES string of the molecule is CCO[C@@H]1C[C@H](S(=O)(=O)c2ccc(-c3c(C)noc3C)cc2C(F)(F)F)C[C@H]1C(=O)NC1(C#N)CC1. The van der Waals surface area contributed by atoms with Crippen LogP contribution >= 0.6 is 0 Å². The van der Waals surface area contributed by atoms with Crippen molar-refractivity contribution in [3.63, 3.8) is 0 Å². The van der Waals surface area contributed by atoms with Crippen molar-refractivity contribution >= 4 is 15.7 Å². The van der Waals surface area contributed by atoms with Gasteiger partial charge in [0.2, 0.25) is 5.91 Å². The van der Waals surface area contributed by atoms with Crippen molar-refractivity contribution in [1.29, 1.82) is 5.26 Å². The number of nitriles is 1. The van der Waals surface area contributed by atoms with Crippen LogP contribution in [0.2, 0.25) is 0 Å². The zero-order valence-corrected chi connectivity index (χ0v) is 20.8. The summed E-state index contributed by atoms with van der Waals surface area (Å²) in [5.74, 6) is -1.10. The van der Waals surface area contributed by atoms with Crippen molar-refractivity contribution in [2.24, 2.45) is 5.92 Å². The van der Waals surface area contributed by atoms with Crippen molar-refractivity contribution in [2.45, 2.75) is 74.4 Å². The Bertz CT molecular complexity index is 1310. The molecule has 8 nitrogen and oxygen atoms in total. The molecule has 0 radical (unpaired) electrons. The molecule has 0 bridgehead atoms. The molecular weight excluding hydrogens is 499 g/mol. The Hall–Kier alpha value is -2.91. The molecule has 1 heterocycles. The lowest BCUT2D eigenvalue weighted by Crippen LogP contribution is -2.42. The summed E-state index contributed by atoms with van der Waals surface area (Å²) in [6, 6.07) is 5.10. The molecule has 2 saturated carbocycles. The lowest BCUT2D eigenvalue weighted by Gasteiger charge is -2.20. The van der Waals surface area contributed by atoms with Crippen molar-refractivity contribution < 1.29 is 35.6 Å². The van der Waals surface area contributed by atoms with Gasteiger partial charge < -0.3 is 14.6 Å². The number of ether oxygens (including phenoxy) is 1. The number of hydrogen-bond donors (Lipinski definition) is 1. The minimum Gasteiger partial charge on any atom is -0.378 e. The number of halogens is 3. The number of carbonyl (C=O) groups excluding carboxylic acids is 1. The Morgan fingerprint density at radius 2 is 2.00 bits per heavy atom. The fourth-order valence-electron chi connectivity index (χ4n) is 4.83. The van der Waals surface area contributed by atoms with Crippen LogP contribution in [-0.2, 0) is 25.5 Å². The molecule has 0 saturated heterocycles. The van der Waals surface area contributed by atoms with Gasteiger partial charge in [-0.2, -0.15) is 18.4 Å². The van der Waals surface area contributed by atoms with Crippen LogP contribution in [0.4, 0.5) is 13.2 Å². The molecule has 3 atom stereocenters. The smallest absolute Gasteiger partial charge is 0.378 e. The maximum atomic E-state index is 14.1. The average Bonchev–Trinajstić information content (AvgIpc) is 3.31. The van der Waals surface area contributed by atoms with Gasteiger partial charge in [-0.1, -0.05) is 11.2 Å². The summed E-state index contributed by atoms with van der Waals surface area (Å²) >= 11 is 0. The highest BCUT2D eigenvalue weighted by atomic mass is 32.2. The number of hydrogen-bond acceptors (Lipinski definition) is 7. The van der Waals surface area contributed by atoms with E-state index >= 15 is 0 Å². The molecule has 194 valence electrons. The van der Waals surface area contributed by atoms with Gasteiger partial charge in [-0.15, -0.1) is 0 Å². The van der Waals surface area contributed by atoms with Crippen molar-refractivity contribution in [3.05, 3.63) is 35.2 Å². The summed E-state index contributed by atoms with van der Waals surface area (Å²) in [6.07, 6.45) is -5.08. The van der Waals surface area contributed by atoms with Crippen LogP contribution in [0.15, 0.2) is 27.6 Å². The minimum atomic E-state index is -4.95. The first-order valence-electron chi connectivity index (χ1n) is 11.6. The summed E-state index contributed by atoms with van der Waals surface area (Å²) in [5, 5.41) is 14.4. The number of alkyl halides is 3. The second-order valence-electron chi connectivity index (χ2n) is 9.33. The first-order valence-corrected chi connectivity index (χ1v) is 13.1. The Labute approximate surface area is 206 Å². The standard InChI is InChI=1S/C24H26F3N3O5S/c1-4-34-19-11-16(10-17(19)22(31)29-23(12-28)7-8-23)36(32,33)20-6-5-15(9-18(20)24(25,26)27)21-13(2)30-35-14(21)3/h5-6,9,16-17,19H,4,7-8,10-11H2,1-3H3,(H,29,31)/t16-,17-,19-/m1/s1. The van der Waals surface area contributed by atoms with E-state index in [1.165, 1.54) is 6.07 Å². The number of nitrogens with zero attached hydrogens (tertiary/aromatic N) is 2. The van der Waals surface area contributed by atoms with Gasteiger partial charge in [-0.25, -0.2) is 8.42 Å². The van der Waals surface area contributed by atoms with E-state index in [1.54, 1.807) is 20.8 Å². The van der Waals surface area contributed by atoms with Gasteiger partial charge in [0.1, 0.15) is 11.3 Å². The van der Waals surface area contributed by atoms with Crippen LogP contribution in [0.5, 0.6) is 0 Å². The Morgan fingerprint density at radius 1 is 1.31 bits per heavy atom. The molecular formula is C24H26F3N3O5S. The molecule has 1 aromatic heterocycles. The molecule has 0 spiro atoms. The molecule has 2 aliphatic rings. The summed E-state index contributed by atoms with van der Waals surface area (Å²) in [7, 11) is -4.49. The van der Waals surface area contributed by atoms with E-state index in [4.69, 9.17) is 9.26 Å². The largest absolute Gasteiger partial charge is 0.417 e. The molecule has 12 heteroatoms. The van der Waals surface area contributed by atoms with E-state index < -0.39 is 55.2 Å². The molecule has 1 aromatic carbocycles. The van der Waals surface area contributed by atoms with Crippen LogP contribution < -0.4 is 5.32 Å². The highest BCUT2D eigenvalue weighted by Gasteiger charge is 2.51. The van der Waals surface area contributed by atoms with Crippen molar-refractivity contribution in [2.75, 3.05) is 6.61 Å². The number of rotatable bonds is 7. The number of aromatic nitrogens is 1. The highest BCUT2D eigenvalue weighted by Crippen LogP contribution is 2.43. The molecule has 0 aliphatic heterocycles. The zero-order chi connectivity index (χ0) is 26.5. The maximum Gasteiger partial charge on any atom is 0.417 e. The van der Waals surface area contributed by atoms with Gasteiger partial charge in [0.25, 0.3) is 0 Å². The molecule has 1 N–H and O–H groups in total. The van der Waals surface area contributed by atoms with Gasteiger partial charge in [0.05, 0.1) is 39.5 Å². The molecule has 2 fully saturated rings. The molecule has 1 amide bonds. The minimum absolute atomic E-state index is 0.128. The van der Waals surface area contributed by atoms with E-state index in [9.17, 15) is 31.6 Å². The molecule has 2 aromatic rings. The highest BCUT2D eigenvalue weighted by molar-refractivity contribution is 7.92. The lowest BCUT2D eigenvalue weighted by molar-refractivity contribution is -0.139. The lowest BCUT2D eigenvalue weighted by atomic mass is 10.0. The third-order valence-electron chi connectivity index (χ3n) is 6.86. The van der Waals surface area contributed by atoms with E-state index in [1.807, 2.05) is 6.07 Å². The Kier molecular flexibility index (Phi) is 6.68. The molecule has 36 heavy (non-hydrogen) atoms. The van der Waals surface area contributed by atoms with E-state index in [-0.39, 0.29) is 25.0 Å². The number of amides is 1. The molecule has 0 unspecified atom stereocenters. The normalized spacial score (nSPS) is 23.3. The first kappa shape index (κ1) is 26.2. The third kappa shape index (κ3) is 4.74. The molecule has 2 aliphatic carbocycles. The van der Waals surface area contributed by atoms with Gasteiger partial charge in [0, 0.05) is 12.2 Å². The zero-order valence-electron chi connectivity index (χ0n) is 20.0. The van der Waals surface area contributed by atoms with Crippen LogP contribution in [-0.4, -0.2) is 43.0 Å². The second-order valence-corrected chi connectivity index (χ2v) is 11.5. The average molecular weight is 526 g/mol. The van der Waals surface area contributed by atoms with Crippen LogP contribution in [0, 0.1) is 31.1 Å². The second kappa shape index (κ2) is 9.19. The third-order valence-corrected chi connectivity index (χ3v) is 9.09. The number of aryl methyl sites for hydroxylation is 2. The monoisotopic (exact) mass is 525 g/mol. The summed E-state index contributed by atoms with van der Waals surface area (Å²) in [4.78, 5) is 12.0. The number of nitrogens with one attached hydrogen (secondary N) is 1. The number of benzene rings is 1. The van der Waals surface area contributed by atoms with Crippen molar-refractivity contribution in [1.82, 2.24) is 10.5 Å². The predicted molar refractivity (Wildman–Crippen MR) is 121 cm³/mol. The molecule has 4 rings (SSSR count). The van der Waals surface area contributed by atoms with Gasteiger partial charge in [0.15, 0.2) is 9.84 Å². The van der Waals surface area contributed by atoms with Crippen LogP contribution in [0.3, 0.4) is 0 Å². The number of sulfone groups is 1. The van der Waals surface area contributed by atoms with E-state index in [0.717, 1.165) is 12.1 Å². The predicted octanol–water partition coefficient (Wildman–Crippen LogP) is 4.11. The Morgan fingerprint density at radius 3 is 2.53 bits per heavy atom. The van der Waals surface area contributed by atoms with Crippen LogP contribution in [0.25, 0.3) is 11.1 Å². The summed E-state index contributed by atoms with van der Waals surface area (Å²) in [6.45, 7) is 5.02. The summed E-state index contributed by atoms with van der Waals surface area (Å²) in [5.41, 5.74) is -1.36. The van der Waals surface area contributed by atoms with Crippen molar-refractivity contribution in [3.8, 4) is 17.2 Å². The number of carbonyl (C=O) groups is 1. The van der Waals surface area contributed by atoms with E-state index in [0.29, 0.717) is 29.9 Å². The first-order chi connectivity index (χ1) is 16.8. The summed E-state index contributed by atoms with van der Waals surface area (Å²) < 4.78 is 80.0. The fourth-order valence-corrected chi connectivity index (χ4v) is 6.83. The van der Waals surface area contributed by atoms with Gasteiger partial charge in [-0.3, -0.25) is 4.79 Å². The fraction of sp³-hybridized carbons (Fsp3) is 0.542. The topological polar surface area (TPSA) is 122 Å². The van der Waals surface area contributed by atoms with Crippen LogP contribution in [0.1, 0.15) is 49.6 Å². The van der Waals surface area contributed by atoms with Gasteiger partial charge >= 0.3 is 6.18 Å². The quantitative estimate of drug-likeness (QED) is 0.577. The Balaban J connectivity index is 1.69. The maximum absolute atomic E-state index is 14.1. The van der Waals surface area contributed by atoms with E-state index in [2.05, 4.69) is 10.5 Å².